The number of benzene rings is 2. The average Bonchev–Trinajstić information content (AvgIpc) is 3.30. The van der Waals surface area contributed by atoms with Crippen LogP contribution < -0.4 is 0 Å². The van der Waals surface area contributed by atoms with Gasteiger partial charge in [0, 0.05) is 0 Å². The molecular formula is C22H23FN2O2. The fourth-order valence-corrected chi connectivity index (χ4v) is 3.61. The lowest BCUT2D eigenvalue weighted by molar-refractivity contribution is 0.299. The number of hydrogen-bond donors (Lipinski definition) is 0. The van der Waals surface area contributed by atoms with Gasteiger partial charge in [-0.25, -0.2) is 14.4 Å². The van der Waals surface area contributed by atoms with E-state index in [4.69, 9.17) is 14.5 Å². The summed E-state index contributed by atoms with van der Waals surface area (Å²) in [6, 6.07) is 11.2. The van der Waals surface area contributed by atoms with Gasteiger partial charge in [0.25, 0.3) is 0 Å². The van der Waals surface area contributed by atoms with Crippen molar-refractivity contribution in [3.05, 3.63) is 70.0 Å². The standard InChI is InChI=1S/C22H23FN2O2/c1-13-6-4-7-16(14(13)2)19-11-26-21(24-19)10-22-25-20(12-27-22)17-8-5-9-18(23)15(17)3/h4-9,19-20H,10-12H2,1-3H3. The highest BCUT2D eigenvalue weighted by molar-refractivity contribution is 5.98. The topological polar surface area (TPSA) is 43.2 Å². The van der Waals surface area contributed by atoms with Crippen molar-refractivity contribution in [2.45, 2.75) is 39.3 Å². The third-order valence-corrected chi connectivity index (χ3v) is 5.39. The normalized spacial score (nSPS) is 21.5. The fourth-order valence-electron chi connectivity index (χ4n) is 3.61. The lowest BCUT2D eigenvalue weighted by Gasteiger charge is -2.11. The molecule has 0 radical (unpaired) electrons. The molecule has 0 spiro atoms. The van der Waals surface area contributed by atoms with E-state index in [1.807, 2.05) is 6.07 Å². The lowest BCUT2D eigenvalue weighted by atomic mass is 9.98. The molecule has 2 aromatic carbocycles. The van der Waals surface area contributed by atoms with Gasteiger partial charge in [0.05, 0.1) is 6.42 Å². The number of hydrogen-bond acceptors (Lipinski definition) is 4. The minimum atomic E-state index is -0.212. The highest BCUT2D eigenvalue weighted by Crippen LogP contribution is 2.30. The van der Waals surface area contributed by atoms with Gasteiger partial charge in [-0.1, -0.05) is 30.3 Å². The molecule has 0 N–H and O–H groups in total. The van der Waals surface area contributed by atoms with E-state index >= 15 is 0 Å². The number of nitrogens with zero attached hydrogens (tertiary/aromatic N) is 2. The Morgan fingerprint density at radius 3 is 2.04 bits per heavy atom. The quantitative estimate of drug-likeness (QED) is 0.781. The molecule has 2 aromatic rings. The molecular weight excluding hydrogens is 343 g/mol. The van der Waals surface area contributed by atoms with Gasteiger partial charge in [0.15, 0.2) is 11.8 Å². The summed E-state index contributed by atoms with van der Waals surface area (Å²) in [7, 11) is 0. The summed E-state index contributed by atoms with van der Waals surface area (Å²) in [6.45, 7) is 6.97. The van der Waals surface area contributed by atoms with Crippen LogP contribution in [0.5, 0.6) is 0 Å². The Balaban J connectivity index is 1.48. The summed E-state index contributed by atoms with van der Waals surface area (Å²) in [5.41, 5.74) is 5.21. The molecule has 27 heavy (non-hydrogen) atoms. The first-order chi connectivity index (χ1) is 13.0. The van der Waals surface area contributed by atoms with Crippen molar-refractivity contribution in [1.29, 1.82) is 0 Å². The van der Waals surface area contributed by atoms with E-state index in [0.29, 0.717) is 37.0 Å². The van der Waals surface area contributed by atoms with Gasteiger partial charge in [0.1, 0.15) is 31.1 Å². The second-order valence-electron chi connectivity index (χ2n) is 7.12. The zero-order chi connectivity index (χ0) is 19.0. The SMILES string of the molecule is Cc1cccc(C2COC(CC3=NC(c4cccc(F)c4C)CO3)=N2)c1C. The van der Waals surface area contributed by atoms with Crippen LogP contribution in [0.3, 0.4) is 0 Å². The molecule has 2 aliphatic rings. The molecule has 0 aromatic heterocycles. The van der Waals surface area contributed by atoms with Crippen molar-refractivity contribution < 1.29 is 13.9 Å². The van der Waals surface area contributed by atoms with E-state index < -0.39 is 0 Å². The number of aliphatic imine (C=N–C) groups is 2. The average molecular weight is 366 g/mol. The van der Waals surface area contributed by atoms with Crippen molar-refractivity contribution >= 4 is 11.8 Å². The first kappa shape index (κ1) is 17.7. The number of halogens is 1. The Kier molecular flexibility index (Phi) is 4.68. The van der Waals surface area contributed by atoms with Crippen LogP contribution in [0.4, 0.5) is 4.39 Å². The van der Waals surface area contributed by atoms with Gasteiger partial charge in [-0.05, 0) is 54.7 Å². The Morgan fingerprint density at radius 2 is 1.41 bits per heavy atom. The molecule has 2 heterocycles. The summed E-state index contributed by atoms with van der Waals surface area (Å²) >= 11 is 0. The van der Waals surface area contributed by atoms with Crippen LogP contribution in [0.25, 0.3) is 0 Å². The predicted molar refractivity (Wildman–Crippen MR) is 104 cm³/mol. The van der Waals surface area contributed by atoms with Crippen molar-refractivity contribution in [2.75, 3.05) is 13.2 Å². The van der Waals surface area contributed by atoms with Crippen molar-refractivity contribution in [3.63, 3.8) is 0 Å². The molecule has 5 heteroatoms. The molecule has 2 aliphatic heterocycles. The predicted octanol–water partition coefficient (Wildman–Crippen LogP) is 4.78. The molecule has 0 bridgehead atoms. The minimum Gasteiger partial charge on any atom is -0.478 e. The second-order valence-corrected chi connectivity index (χ2v) is 7.12. The van der Waals surface area contributed by atoms with Gasteiger partial charge in [0.2, 0.25) is 0 Å². The highest BCUT2D eigenvalue weighted by Gasteiger charge is 2.27. The number of aryl methyl sites for hydroxylation is 1. The largest absolute Gasteiger partial charge is 0.478 e. The van der Waals surface area contributed by atoms with Gasteiger partial charge in [-0.2, -0.15) is 0 Å². The van der Waals surface area contributed by atoms with Gasteiger partial charge >= 0.3 is 0 Å². The van der Waals surface area contributed by atoms with Gasteiger partial charge in [-0.15, -0.1) is 0 Å². The van der Waals surface area contributed by atoms with Crippen LogP contribution >= 0.6 is 0 Å². The Morgan fingerprint density at radius 1 is 0.852 bits per heavy atom. The van der Waals surface area contributed by atoms with Crippen molar-refractivity contribution in [1.82, 2.24) is 0 Å². The summed E-state index contributed by atoms with van der Waals surface area (Å²) in [5, 5.41) is 0. The Bertz CT molecular complexity index is 860. The van der Waals surface area contributed by atoms with E-state index in [1.54, 1.807) is 13.0 Å². The Labute approximate surface area is 158 Å². The molecule has 0 aliphatic carbocycles. The van der Waals surface area contributed by atoms with Crippen molar-refractivity contribution in [2.24, 2.45) is 9.98 Å². The highest BCUT2D eigenvalue weighted by atomic mass is 19.1. The first-order valence-electron chi connectivity index (χ1n) is 9.23. The van der Waals surface area contributed by atoms with Gasteiger partial charge < -0.3 is 9.47 Å². The van der Waals surface area contributed by atoms with E-state index in [0.717, 1.165) is 5.56 Å². The molecule has 4 rings (SSSR count). The smallest absolute Gasteiger partial charge is 0.193 e. The summed E-state index contributed by atoms with van der Waals surface area (Å²) in [4.78, 5) is 9.35. The van der Waals surface area contributed by atoms with Crippen LogP contribution in [-0.4, -0.2) is 25.0 Å². The number of rotatable bonds is 4. The molecule has 0 fully saturated rings. The van der Waals surface area contributed by atoms with Crippen LogP contribution in [0.1, 0.15) is 46.3 Å². The van der Waals surface area contributed by atoms with Crippen LogP contribution in [-0.2, 0) is 9.47 Å². The van der Waals surface area contributed by atoms with Crippen LogP contribution in [0.2, 0.25) is 0 Å². The maximum atomic E-state index is 13.8. The van der Waals surface area contributed by atoms with E-state index in [9.17, 15) is 4.39 Å². The molecule has 2 unspecified atom stereocenters. The summed E-state index contributed by atoms with van der Waals surface area (Å²) in [6.07, 6.45) is 0.437. The lowest BCUT2D eigenvalue weighted by Crippen LogP contribution is -2.08. The first-order valence-corrected chi connectivity index (χ1v) is 9.23. The van der Waals surface area contributed by atoms with E-state index in [-0.39, 0.29) is 17.9 Å². The molecule has 2 atom stereocenters. The van der Waals surface area contributed by atoms with Crippen LogP contribution in [0.15, 0.2) is 46.4 Å². The van der Waals surface area contributed by atoms with Crippen molar-refractivity contribution in [3.8, 4) is 0 Å². The monoisotopic (exact) mass is 366 g/mol. The zero-order valence-corrected chi connectivity index (χ0v) is 15.8. The third-order valence-electron chi connectivity index (χ3n) is 5.39. The molecule has 0 saturated heterocycles. The molecule has 0 amide bonds. The summed E-state index contributed by atoms with van der Waals surface area (Å²) in [5.74, 6) is 1.04. The molecule has 4 nitrogen and oxygen atoms in total. The maximum Gasteiger partial charge on any atom is 0.193 e. The maximum absolute atomic E-state index is 13.8. The third kappa shape index (κ3) is 3.46. The summed E-state index contributed by atoms with van der Waals surface area (Å²) < 4.78 is 25.3. The van der Waals surface area contributed by atoms with E-state index in [1.165, 1.54) is 22.8 Å². The second kappa shape index (κ2) is 7.14. The zero-order valence-electron chi connectivity index (χ0n) is 15.8. The van der Waals surface area contributed by atoms with Crippen LogP contribution in [0, 0.1) is 26.6 Å². The fraction of sp³-hybridized carbons (Fsp3) is 0.364. The molecule has 140 valence electrons. The molecule has 0 saturated carbocycles. The Hall–Kier alpha value is -2.69. The number of ether oxygens (including phenoxy) is 2. The van der Waals surface area contributed by atoms with E-state index in [2.05, 4.69) is 37.0 Å². The van der Waals surface area contributed by atoms with Gasteiger partial charge in [-0.3, -0.25) is 0 Å². The minimum absolute atomic E-state index is 0.0168.